The number of alkyl halides is 3. The Morgan fingerprint density at radius 3 is 2.79 bits per heavy atom. The molecule has 0 radical (unpaired) electrons. The van der Waals surface area contributed by atoms with Gasteiger partial charge >= 0.3 is 6.18 Å². The molecule has 0 bridgehead atoms. The molecule has 0 aliphatic heterocycles. The summed E-state index contributed by atoms with van der Waals surface area (Å²) in [7, 11) is 0. The molecule has 0 aliphatic rings. The fraction of sp³-hybridized carbons (Fsp3) is 0.267. The number of hydrogen-bond donors (Lipinski definition) is 2. The lowest BCUT2D eigenvalue weighted by Crippen LogP contribution is -2.32. The van der Waals surface area contributed by atoms with Gasteiger partial charge in [-0.15, -0.1) is 16.8 Å². The van der Waals surface area contributed by atoms with Crippen LogP contribution in [0, 0.1) is 10.1 Å². The van der Waals surface area contributed by atoms with E-state index in [9.17, 15) is 28.1 Å². The van der Waals surface area contributed by atoms with Crippen LogP contribution in [0.5, 0.6) is 0 Å². The lowest BCUT2D eigenvalue weighted by Gasteiger charge is -2.15. The van der Waals surface area contributed by atoms with Crippen LogP contribution in [0.4, 0.5) is 29.7 Å². The minimum absolute atomic E-state index is 0.208. The largest absolute Gasteiger partial charge is 0.416 e. The Labute approximate surface area is 165 Å². The van der Waals surface area contributed by atoms with Gasteiger partial charge in [0.15, 0.2) is 4.34 Å². The molecule has 1 aromatic carbocycles. The van der Waals surface area contributed by atoms with Gasteiger partial charge in [-0.25, -0.2) is 0 Å². The zero-order valence-electron chi connectivity index (χ0n) is 14.3. The minimum atomic E-state index is -4.72. The Morgan fingerprint density at radius 1 is 1.46 bits per heavy atom. The minimum Gasteiger partial charge on any atom is -0.368 e. The van der Waals surface area contributed by atoms with E-state index in [1.54, 1.807) is 6.08 Å². The van der Waals surface area contributed by atoms with Crippen molar-refractivity contribution in [2.24, 2.45) is 0 Å². The number of amides is 1. The SMILES string of the molecule is C=CCSc1nnc(NC(=O)C(C)Nc2ccc(C(F)(F)F)cc2[N+](=O)[O-])s1. The first kappa shape index (κ1) is 21.6. The maximum Gasteiger partial charge on any atom is 0.416 e. The third-order valence-electron chi connectivity index (χ3n) is 3.25. The molecule has 1 heterocycles. The van der Waals surface area contributed by atoms with Crippen LogP contribution in [0.2, 0.25) is 0 Å². The van der Waals surface area contributed by atoms with Gasteiger partial charge in [0.05, 0.1) is 10.5 Å². The third kappa shape index (κ3) is 5.66. The van der Waals surface area contributed by atoms with Gasteiger partial charge in [-0.1, -0.05) is 29.2 Å². The van der Waals surface area contributed by atoms with E-state index in [0.29, 0.717) is 22.2 Å². The molecule has 2 aromatic rings. The van der Waals surface area contributed by atoms with E-state index < -0.39 is 34.3 Å². The maximum absolute atomic E-state index is 12.7. The number of nitrogens with zero attached hydrogens (tertiary/aromatic N) is 3. The van der Waals surface area contributed by atoms with E-state index in [1.165, 1.54) is 18.7 Å². The number of halogens is 3. The van der Waals surface area contributed by atoms with Crippen LogP contribution in [0.15, 0.2) is 35.2 Å². The fourth-order valence-corrected chi connectivity index (χ4v) is 3.46. The van der Waals surface area contributed by atoms with Gasteiger partial charge in [-0.3, -0.25) is 20.2 Å². The topological polar surface area (TPSA) is 110 Å². The molecule has 28 heavy (non-hydrogen) atoms. The number of nitro groups is 1. The highest BCUT2D eigenvalue weighted by Crippen LogP contribution is 2.35. The summed E-state index contributed by atoms with van der Waals surface area (Å²) < 4.78 is 38.9. The quantitative estimate of drug-likeness (QED) is 0.211. The summed E-state index contributed by atoms with van der Waals surface area (Å²) in [5.74, 6) is 0.0450. The second-order valence-electron chi connectivity index (χ2n) is 5.31. The number of rotatable bonds is 8. The molecule has 1 atom stereocenters. The van der Waals surface area contributed by atoms with Gasteiger partial charge in [-0.05, 0) is 19.1 Å². The number of nitro benzene ring substituents is 1. The summed E-state index contributed by atoms with van der Waals surface area (Å²) in [5, 5.41) is 24.1. The highest BCUT2D eigenvalue weighted by molar-refractivity contribution is 8.01. The number of hydrogen-bond acceptors (Lipinski definition) is 8. The van der Waals surface area contributed by atoms with Crippen LogP contribution in [0.3, 0.4) is 0 Å². The zero-order valence-corrected chi connectivity index (χ0v) is 16.0. The van der Waals surface area contributed by atoms with Gasteiger partial charge in [0, 0.05) is 11.8 Å². The number of benzene rings is 1. The van der Waals surface area contributed by atoms with Crippen molar-refractivity contribution in [3.05, 3.63) is 46.5 Å². The molecular formula is C15H14F3N5O3S2. The fourth-order valence-electron chi connectivity index (χ4n) is 1.94. The number of carbonyl (C=O) groups is 1. The Morgan fingerprint density at radius 2 is 2.18 bits per heavy atom. The van der Waals surface area contributed by atoms with Crippen molar-refractivity contribution < 1.29 is 22.9 Å². The van der Waals surface area contributed by atoms with Crippen molar-refractivity contribution in [2.75, 3.05) is 16.4 Å². The number of anilines is 2. The second kappa shape index (κ2) is 9.01. The van der Waals surface area contributed by atoms with Crippen LogP contribution in [-0.4, -0.2) is 32.8 Å². The predicted octanol–water partition coefficient (Wildman–Crippen LogP) is 4.18. The van der Waals surface area contributed by atoms with E-state index in [1.807, 2.05) is 0 Å². The Kier molecular flexibility index (Phi) is 6.96. The molecule has 1 unspecified atom stereocenters. The molecule has 8 nitrogen and oxygen atoms in total. The molecule has 1 aromatic heterocycles. The summed E-state index contributed by atoms with van der Waals surface area (Å²) in [4.78, 5) is 22.4. The molecule has 0 spiro atoms. The van der Waals surface area contributed by atoms with Crippen molar-refractivity contribution >= 4 is 45.5 Å². The maximum atomic E-state index is 12.7. The van der Waals surface area contributed by atoms with Crippen LogP contribution in [0.1, 0.15) is 12.5 Å². The highest BCUT2D eigenvalue weighted by atomic mass is 32.2. The monoisotopic (exact) mass is 433 g/mol. The number of aromatic nitrogens is 2. The highest BCUT2D eigenvalue weighted by Gasteiger charge is 2.33. The summed E-state index contributed by atoms with van der Waals surface area (Å²) in [6, 6.07) is 1.05. The Hall–Kier alpha value is -2.67. The van der Waals surface area contributed by atoms with Crippen molar-refractivity contribution in [3.63, 3.8) is 0 Å². The molecule has 0 aliphatic carbocycles. The summed E-state index contributed by atoms with van der Waals surface area (Å²) in [6.45, 7) is 4.99. The van der Waals surface area contributed by atoms with Crippen molar-refractivity contribution in [3.8, 4) is 0 Å². The predicted molar refractivity (Wildman–Crippen MR) is 101 cm³/mol. The first-order valence-corrected chi connectivity index (χ1v) is 9.42. The second-order valence-corrected chi connectivity index (χ2v) is 7.56. The molecule has 2 N–H and O–H groups in total. The van der Waals surface area contributed by atoms with E-state index in [-0.39, 0.29) is 10.8 Å². The summed E-state index contributed by atoms with van der Waals surface area (Å²) in [6.07, 6.45) is -3.03. The third-order valence-corrected chi connectivity index (χ3v) is 5.22. The smallest absolute Gasteiger partial charge is 0.368 e. The average molecular weight is 433 g/mol. The van der Waals surface area contributed by atoms with Crippen molar-refractivity contribution in [1.82, 2.24) is 10.2 Å². The lowest BCUT2D eigenvalue weighted by molar-refractivity contribution is -0.384. The van der Waals surface area contributed by atoms with Gasteiger partial charge < -0.3 is 5.32 Å². The number of carbonyl (C=O) groups excluding carboxylic acids is 1. The van der Waals surface area contributed by atoms with Gasteiger partial charge in [0.1, 0.15) is 11.7 Å². The Balaban J connectivity index is 2.09. The summed E-state index contributed by atoms with van der Waals surface area (Å²) in [5.41, 5.74) is -2.14. The molecule has 2 rings (SSSR count). The van der Waals surface area contributed by atoms with Crippen LogP contribution in [0.25, 0.3) is 0 Å². The van der Waals surface area contributed by atoms with Crippen molar-refractivity contribution in [2.45, 2.75) is 23.5 Å². The lowest BCUT2D eigenvalue weighted by atomic mass is 10.1. The van der Waals surface area contributed by atoms with Crippen LogP contribution >= 0.6 is 23.1 Å². The van der Waals surface area contributed by atoms with Crippen LogP contribution < -0.4 is 10.6 Å². The first-order valence-electron chi connectivity index (χ1n) is 7.62. The normalized spacial score (nSPS) is 12.3. The molecule has 150 valence electrons. The Bertz CT molecular complexity index is 888. The van der Waals surface area contributed by atoms with E-state index >= 15 is 0 Å². The van der Waals surface area contributed by atoms with Crippen molar-refractivity contribution in [1.29, 1.82) is 0 Å². The standard InChI is InChI=1S/C15H14F3N5O3S2/c1-3-6-27-14-22-21-13(28-14)20-12(24)8(2)19-10-5-4-9(15(16,17)18)7-11(10)23(25)26/h3-5,7-8,19H,1,6H2,2H3,(H,20,21,24). The molecule has 0 saturated carbocycles. The molecule has 0 fully saturated rings. The van der Waals surface area contributed by atoms with Gasteiger partial charge in [0.25, 0.3) is 5.69 Å². The number of nitrogens with one attached hydrogen (secondary N) is 2. The van der Waals surface area contributed by atoms with E-state index in [4.69, 9.17) is 0 Å². The van der Waals surface area contributed by atoms with Crippen LogP contribution in [-0.2, 0) is 11.0 Å². The number of thioether (sulfide) groups is 1. The van der Waals surface area contributed by atoms with E-state index in [0.717, 1.165) is 17.4 Å². The molecule has 1 amide bonds. The van der Waals surface area contributed by atoms with Gasteiger partial charge in [-0.2, -0.15) is 13.2 Å². The average Bonchev–Trinajstić information content (AvgIpc) is 3.06. The first-order chi connectivity index (χ1) is 13.1. The molecule has 0 saturated heterocycles. The molecular weight excluding hydrogens is 419 g/mol. The van der Waals surface area contributed by atoms with Gasteiger partial charge in [0.2, 0.25) is 11.0 Å². The zero-order chi connectivity index (χ0) is 20.9. The summed E-state index contributed by atoms with van der Waals surface area (Å²) >= 11 is 2.52. The molecule has 13 heteroatoms. The van der Waals surface area contributed by atoms with E-state index in [2.05, 4.69) is 27.4 Å².